The van der Waals surface area contributed by atoms with E-state index in [2.05, 4.69) is 31.2 Å². The highest BCUT2D eigenvalue weighted by Crippen LogP contribution is 2.62. The molecule has 5 rings (SSSR count). The fraction of sp³-hybridized carbons (Fsp3) is 0.647. The average Bonchev–Trinajstić information content (AvgIpc) is 2.26. The fourth-order valence-electron chi connectivity index (χ4n) is 5.46. The first-order valence-electron chi connectivity index (χ1n) is 7.37. The van der Waals surface area contributed by atoms with Gasteiger partial charge in [0.1, 0.15) is 0 Å². The highest BCUT2D eigenvalue weighted by Gasteiger charge is 2.57. The van der Waals surface area contributed by atoms with Gasteiger partial charge in [0.15, 0.2) is 0 Å². The van der Waals surface area contributed by atoms with Gasteiger partial charge in [-0.15, -0.1) is 0 Å². The zero-order valence-electron chi connectivity index (χ0n) is 11.2. The second kappa shape index (κ2) is 3.39. The minimum absolute atomic E-state index is 0.298. The molecule has 4 aliphatic rings. The number of aliphatic hydroxyl groups is 1. The predicted octanol–water partition coefficient (Wildman–Crippen LogP) is 3.58. The second-order valence-corrected chi connectivity index (χ2v) is 7.33. The van der Waals surface area contributed by atoms with E-state index in [0.29, 0.717) is 5.41 Å². The van der Waals surface area contributed by atoms with Crippen molar-refractivity contribution in [2.24, 2.45) is 11.8 Å². The zero-order chi connectivity index (χ0) is 12.4. The molecule has 18 heavy (non-hydrogen) atoms. The van der Waals surface area contributed by atoms with E-state index in [-0.39, 0.29) is 5.60 Å². The average molecular weight is 242 g/mol. The first kappa shape index (κ1) is 11.0. The maximum atomic E-state index is 10.8. The molecular weight excluding hydrogens is 220 g/mol. The second-order valence-electron chi connectivity index (χ2n) is 7.33. The zero-order valence-corrected chi connectivity index (χ0v) is 11.2. The summed E-state index contributed by atoms with van der Waals surface area (Å²) in [5.74, 6) is 1.55. The summed E-state index contributed by atoms with van der Waals surface area (Å²) in [5.41, 5.74) is 2.78. The van der Waals surface area contributed by atoms with Gasteiger partial charge in [-0.25, -0.2) is 0 Å². The van der Waals surface area contributed by atoms with Crippen LogP contribution in [0.15, 0.2) is 24.3 Å². The summed E-state index contributed by atoms with van der Waals surface area (Å²) in [7, 11) is 0. The summed E-state index contributed by atoms with van der Waals surface area (Å²) >= 11 is 0. The number of hydrogen-bond acceptors (Lipinski definition) is 1. The SMILES string of the molecule is Cc1ccc(C23C[C@@H]4C[C@@H](CC(O)(C4)C2)C3)cc1. The third-order valence-corrected chi connectivity index (χ3v) is 5.69. The lowest BCUT2D eigenvalue weighted by atomic mass is 9.46. The van der Waals surface area contributed by atoms with Crippen LogP contribution >= 0.6 is 0 Å². The molecule has 0 amide bonds. The Morgan fingerprint density at radius 2 is 1.61 bits per heavy atom. The summed E-state index contributed by atoms with van der Waals surface area (Å²) in [4.78, 5) is 0. The molecule has 1 aromatic carbocycles. The smallest absolute Gasteiger partial charge is 0.0661 e. The molecule has 0 aromatic heterocycles. The summed E-state index contributed by atoms with van der Waals surface area (Å²) in [6.45, 7) is 2.15. The summed E-state index contributed by atoms with van der Waals surface area (Å²) < 4.78 is 0. The lowest BCUT2D eigenvalue weighted by Gasteiger charge is -2.60. The molecule has 0 aliphatic heterocycles. The van der Waals surface area contributed by atoms with Crippen LogP contribution < -0.4 is 0 Å². The molecule has 4 fully saturated rings. The van der Waals surface area contributed by atoms with E-state index < -0.39 is 0 Å². The highest BCUT2D eigenvalue weighted by atomic mass is 16.3. The molecule has 0 spiro atoms. The van der Waals surface area contributed by atoms with Crippen molar-refractivity contribution < 1.29 is 5.11 Å². The van der Waals surface area contributed by atoms with Crippen LogP contribution in [-0.4, -0.2) is 10.7 Å². The van der Waals surface area contributed by atoms with Crippen molar-refractivity contribution in [1.82, 2.24) is 0 Å². The molecule has 1 N–H and O–H groups in total. The van der Waals surface area contributed by atoms with E-state index in [1.807, 2.05) is 0 Å². The summed E-state index contributed by atoms with van der Waals surface area (Å²) in [5, 5.41) is 10.8. The predicted molar refractivity (Wildman–Crippen MR) is 72.5 cm³/mol. The normalized spacial score (nSPS) is 45.4. The van der Waals surface area contributed by atoms with Gasteiger partial charge in [0, 0.05) is 0 Å². The Hall–Kier alpha value is -0.820. The van der Waals surface area contributed by atoms with Crippen molar-refractivity contribution in [3.05, 3.63) is 35.4 Å². The number of benzene rings is 1. The monoisotopic (exact) mass is 242 g/mol. The summed E-state index contributed by atoms with van der Waals surface area (Å²) in [6.07, 6.45) is 7.14. The molecule has 4 atom stereocenters. The van der Waals surface area contributed by atoms with Crippen LogP contribution in [0.1, 0.15) is 49.7 Å². The van der Waals surface area contributed by atoms with Gasteiger partial charge < -0.3 is 5.11 Å². The van der Waals surface area contributed by atoms with Crippen LogP contribution in [0.5, 0.6) is 0 Å². The maximum absolute atomic E-state index is 10.8. The van der Waals surface area contributed by atoms with Crippen molar-refractivity contribution >= 4 is 0 Å². The first-order chi connectivity index (χ1) is 8.57. The van der Waals surface area contributed by atoms with Crippen LogP contribution in [-0.2, 0) is 5.41 Å². The number of rotatable bonds is 1. The molecule has 0 radical (unpaired) electrons. The van der Waals surface area contributed by atoms with Crippen molar-refractivity contribution in [2.75, 3.05) is 0 Å². The maximum Gasteiger partial charge on any atom is 0.0661 e. The van der Waals surface area contributed by atoms with Crippen LogP contribution in [0.2, 0.25) is 0 Å². The van der Waals surface area contributed by atoms with Gasteiger partial charge >= 0.3 is 0 Å². The van der Waals surface area contributed by atoms with Gasteiger partial charge in [-0.3, -0.25) is 0 Å². The van der Waals surface area contributed by atoms with E-state index in [1.54, 1.807) is 0 Å². The van der Waals surface area contributed by atoms with Gasteiger partial charge in [-0.1, -0.05) is 29.8 Å². The molecule has 4 aliphatic carbocycles. The standard InChI is InChI=1S/C17H22O/c1-12-2-4-15(5-3-12)16-7-13-6-14(8-16)10-17(18,9-13)11-16/h2-5,13-14,18H,6-11H2,1H3/t13-,14+,16?,17?. The van der Waals surface area contributed by atoms with Gasteiger partial charge in [0.25, 0.3) is 0 Å². The number of hydrogen-bond donors (Lipinski definition) is 1. The van der Waals surface area contributed by atoms with Crippen molar-refractivity contribution in [3.8, 4) is 0 Å². The molecule has 0 saturated heterocycles. The Labute approximate surface area is 109 Å². The minimum Gasteiger partial charge on any atom is -0.390 e. The lowest BCUT2D eigenvalue weighted by molar-refractivity contribution is -0.137. The van der Waals surface area contributed by atoms with Crippen LogP contribution in [0.4, 0.5) is 0 Å². The molecule has 0 heterocycles. The molecule has 96 valence electrons. The number of aryl methyl sites for hydroxylation is 1. The van der Waals surface area contributed by atoms with E-state index in [0.717, 1.165) is 31.1 Å². The Bertz CT molecular complexity index is 459. The fourth-order valence-corrected chi connectivity index (χ4v) is 5.46. The van der Waals surface area contributed by atoms with Gasteiger partial charge in [-0.2, -0.15) is 0 Å². The summed E-state index contributed by atoms with van der Waals surface area (Å²) in [6, 6.07) is 9.09. The van der Waals surface area contributed by atoms with Crippen LogP contribution in [0.3, 0.4) is 0 Å². The third kappa shape index (κ3) is 1.50. The van der Waals surface area contributed by atoms with Gasteiger partial charge in [0.05, 0.1) is 5.60 Å². The van der Waals surface area contributed by atoms with Gasteiger partial charge in [0.2, 0.25) is 0 Å². The molecule has 2 unspecified atom stereocenters. The van der Waals surface area contributed by atoms with Crippen LogP contribution in [0, 0.1) is 18.8 Å². The van der Waals surface area contributed by atoms with Crippen molar-refractivity contribution in [3.63, 3.8) is 0 Å². The van der Waals surface area contributed by atoms with Crippen molar-refractivity contribution in [2.45, 2.75) is 56.5 Å². The quantitative estimate of drug-likeness (QED) is 0.798. The molecule has 4 bridgehead atoms. The van der Waals surface area contributed by atoms with Gasteiger partial charge in [-0.05, 0) is 68.3 Å². The Morgan fingerprint density at radius 1 is 1.00 bits per heavy atom. The molecule has 4 saturated carbocycles. The van der Waals surface area contributed by atoms with Crippen molar-refractivity contribution in [1.29, 1.82) is 0 Å². The molecule has 1 aromatic rings. The first-order valence-corrected chi connectivity index (χ1v) is 7.37. The topological polar surface area (TPSA) is 20.2 Å². The minimum atomic E-state index is -0.338. The van der Waals surface area contributed by atoms with E-state index in [1.165, 1.54) is 30.4 Å². The molecular formula is C17H22O. The Balaban J connectivity index is 1.77. The lowest BCUT2D eigenvalue weighted by Crippen LogP contribution is -2.57. The van der Waals surface area contributed by atoms with E-state index in [4.69, 9.17) is 0 Å². The Kier molecular flexibility index (Phi) is 2.08. The highest BCUT2D eigenvalue weighted by molar-refractivity contribution is 5.33. The van der Waals surface area contributed by atoms with E-state index in [9.17, 15) is 5.11 Å². The van der Waals surface area contributed by atoms with Crippen LogP contribution in [0.25, 0.3) is 0 Å². The van der Waals surface area contributed by atoms with E-state index >= 15 is 0 Å². The Morgan fingerprint density at radius 3 is 2.17 bits per heavy atom. The molecule has 1 heteroatoms. The molecule has 1 nitrogen and oxygen atoms in total. The third-order valence-electron chi connectivity index (χ3n) is 5.69. The largest absolute Gasteiger partial charge is 0.390 e.